The molecule has 1 saturated carbocycles. The van der Waals surface area contributed by atoms with E-state index >= 15 is 0 Å². The summed E-state index contributed by atoms with van der Waals surface area (Å²) in [6.45, 7) is 2.88. The number of carbonyl (C=O) groups is 1. The molecule has 0 saturated heterocycles. The summed E-state index contributed by atoms with van der Waals surface area (Å²) in [5, 5.41) is 0.798. The Bertz CT molecular complexity index is 1320. The quantitative estimate of drug-likeness (QED) is 0.238. The number of halogens is 6. The number of aromatic nitrogens is 1. The Morgan fingerprint density at radius 1 is 0.951 bits per heavy atom. The smallest absolute Gasteiger partial charge is 0.416 e. The van der Waals surface area contributed by atoms with Crippen molar-refractivity contribution in [3.8, 4) is 0 Å². The Morgan fingerprint density at radius 3 is 2.17 bits per heavy atom. The summed E-state index contributed by atoms with van der Waals surface area (Å²) in [5.41, 5.74) is -1.82. The highest BCUT2D eigenvalue weighted by Gasteiger charge is 2.37. The molecule has 0 unspecified atom stereocenters. The molecule has 0 aliphatic heterocycles. The van der Waals surface area contributed by atoms with Crippen LogP contribution in [0, 0.1) is 5.92 Å². The number of amides is 1. The zero-order valence-corrected chi connectivity index (χ0v) is 23.0. The molecule has 4 rings (SSSR count). The van der Waals surface area contributed by atoms with Crippen LogP contribution in [-0.4, -0.2) is 36.2 Å². The van der Waals surface area contributed by atoms with Crippen molar-refractivity contribution in [3.05, 3.63) is 70.8 Å². The summed E-state index contributed by atoms with van der Waals surface area (Å²) in [4.78, 5) is 21.1. The number of carbonyl (C=O) groups excluding carboxylic acids is 1. The van der Waals surface area contributed by atoms with E-state index < -0.39 is 36.1 Å². The molecule has 1 aliphatic carbocycles. The summed E-state index contributed by atoms with van der Waals surface area (Å²) in [7, 11) is 1.12. The molecule has 0 radical (unpaired) electrons. The first-order valence-corrected chi connectivity index (χ1v) is 13.6. The van der Waals surface area contributed by atoms with E-state index in [0.717, 1.165) is 61.6 Å². The molecule has 1 heterocycles. The van der Waals surface area contributed by atoms with Crippen molar-refractivity contribution in [2.75, 3.05) is 25.1 Å². The van der Waals surface area contributed by atoms with Crippen molar-refractivity contribution in [1.82, 2.24) is 9.88 Å². The first-order chi connectivity index (χ1) is 19.4. The number of benzene rings is 2. The highest BCUT2D eigenvalue weighted by Crippen LogP contribution is 2.37. The fourth-order valence-electron chi connectivity index (χ4n) is 5.45. The highest BCUT2D eigenvalue weighted by atomic mass is 19.4. The average Bonchev–Trinajstić information content (AvgIpc) is 3.43. The number of ether oxygens (including phenoxy) is 1. The minimum Gasteiger partial charge on any atom is -0.453 e. The Balaban J connectivity index is 1.76. The van der Waals surface area contributed by atoms with Gasteiger partial charge >= 0.3 is 18.4 Å². The van der Waals surface area contributed by atoms with Gasteiger partial charge in [0.25, 0.3) is 0 Å². The monoisotopic (exact) mass is 581 g/mol. The first kappa shape index (κ1) is 30.5. The van der Waals surface area contributed by atoms with E-state index in [1.54, 1.807) is 0 Å². The van der Waals surface area contributed by atoms with Gasteiger partial charge in [0.05, 0.1) is 30.3 Å². The van der Waals surface area contributed by atoms with E-state index in [2.05, 4.69) is 11.8 Å². The van der Waals surface area contributed by atoms with E-state index in [0.29, 0.717) is 36.0 Å². The third kappa shape index (κ3) is 7.62. The minimum absolute atomic E-state index is 0.0724. The molecule has 41 heavy (non-hydrogen) atoms. The maximum absolute atomic E-state index is 13.5. The van der Waals surface area contributed by atoms with Crippen LogP contribution in [0.4, 0.5) is 37.0 Å². The molecular formula is C30H33F6N3O2. The van der Waals surface area contributed by atoms with Gasteiger partial charge in [-0.2, -0.15) is 26.3 Å². The highest BCUT2D eigenvalue weighted by molar-refractivity contribution is 5.82. The van der Waals surface area contributed by atoms with Gasteiger partial charge in [-0.1, -0.05) is 38.0 Å². The van der Waals surface area contributed by atoms with Crippen LogP contribution >= 0.6 is 0 Å². The predicted octanol–water partition coefficient (Wildman–Crippen LogP) is 8.45. The molecule has 11 heteroatoms. The van der Waals surface area contributed by atoms with Crippen molar-refractivity contribution in [1.29, 1.82) is 0 Å². The van der Waals surface area contributed by atoms with Gasteiger partial charge in [-0.25, -0.2) is 9.78 Å². The Labute approximate surface area is 235 Å². The number of alkyl halides is 6. The summed E-state index contributed by atoms with van der Waals surface area (Å²) < 4.78 is 85.8. The maximum Gasteiger partial charge on any atom is 0.416 e. The molecule has 0 bridgehead atoms. The Morgan fingerprint density at radius 2 is 1.59 bits per heavy atom. The lowest BCUT2D eigenvalue weighted by Crippen LogP contribution is -2.34. The lowest BCUT2D eigenvalue weighted by atomic mass is 10.0. The van der Waals surface area contributed by atoms with Crippen LogP contribution in [0.1, 0.15) is 61.3 Å². The van der Waals surface area contributed by atoms with Crippen LogP contribution in [0.25, 0.3) is 10.9 Å². The predicted molar refractivity (Wildman–Crippen MR) is 144 cm³/mol. The van der Waals surface area contributed by atoms with Crippen LogP contribution in [-0.2, 0) is 30.2 Å². The third-order valence-electron chi connectivity index (χ3n) is 7.34. The minimum atomic E-state index is -5.00. The fraction of sp³-hybridized carbons (Fsp3) is 0.467. The van der Waals surface area contributed by atoms with E-state index in [1.165, 1.54) is 0 Å². The summed E-state index contributed by atoms with van der Waals surface area (Å²) in [6, 6.07) is 10.7. The Hall–Kier alpha value is -3.50. The van der Waals surface area contributed by atoms with Gasteiger partial charge in [-0.3, -0.25) is 4.90 Å². The molecule has 3 aromatic rings. The van der Waals surface area contributed by atoms with Crippen LogP contribution in [0.3, 0.4) is 0 Å². The van der Waals surface area contributed by atoms with Gasteiger partial charge in [-0.05, 0) is 61.1 Å². The first-order valence-electron chi connectivity index (χ1n) is 13.6. The lowest BCUT2D eigenvalue weighted by Gasteiger charge is -2.30. The molecule has 0 N–H and O–H groups in total. The van der Waals surface area contributed by atoms with Crippen molar-refractivity contribution < 1.29 is 35.9 Å². The summed E-state index contributed by atoms with van der Waals surface area (Å²) in [5.74, 6) is 1.14. The van der Waals surface area contributed by atoms with Crippen LogP contribution < -0.4 is 4.90 Å². The number of pyridine rings is 1. The molecule has 222 valence electrons. The van der Waals surface area contributed by atoms with Crippen LogP contribution in [0.5, 0.6) is 0 Å². The molecule has 2 aromatic carbocycles. The summed E-state index contributed by atoms with van der Waals surface area (Å²) >= 11 is 0. The molecule has 0 spiro atoms. The normalized spacial score (nSPS) is 14.4. The van der Waals surface area contributed by atoms with E-state index in [1.807, 2.05) is 30.3 Å². The van der Waals surface area contributed by atoms with Gasteiger partial charge in [0.2, 0.25) is 0 Å². The number of nitrogens with zero attached hydrogens (tertiary/aromatic N) is 3. The molecule has 1 aromatic heterocycles. The van der Waals surface area contributed by atoms with Gasteiger partial charge in [-0.15, -0.1) is 0 Å². The molecule has 5 nitrogen and oxygen atoms in total. The zero-order valence-electron chi connectivity index (χ0n) is 23.0. The van der Waals surface area contributed by atoms with Crippen molar-refractivity contribution in [2.45, 2.75) is 64.5 Å². The number of fused-ring (bicyclic) bond motifs is 1. The number of rotatable bonds is 9. The Kier molecular flexibility index (Phi) is 9.34. The molecular weight excluding hydrogens is 548 g/mol. The van der Waals surface area contributed by atoms with Gasteiger partial charge < -0.3 is 9.64 Å². The molecule has 1 amide bonds. The van der Waals surface area contributed by atoms with E-state index in [-0.39, 0.29) is 18.2 Å². The number of anilines is 1. The molecule has 1 fully saturated rings. The second kappa shape index (κ2) is 12.6. The lowest BCUT2D eigenvalue weighted by molar-refractivity contribution is -0.143. The molecule has 1 aliphatic rings. The van der Waals surface area contributed by atoms with Crippen molar-refractivity contribution in [2.24, 2.45) is 5.92 Å². The topological polar surface area (TPSA) is 45.7 Å². The van der Waals surface area contributed by atoms with Crippen LogP contribution in [0.15, 0.2) is 48.5 Å². The largest absolute Gasteiger partial charge is 0.453 e. The van der Waals surface area contributed by atoms with E-state index in [9.17, 15) is 31.1 Å². The van der Waals surface area contributed by atoms with Crippen molar-refractivity contribution in [3.63, 3.8) is 0 Å². The van der Waals surface area contributed by atoms with E-state index in [4.69, 9.17) is 9.72 Å². The number of para-hydroxylation sites is 1. The van der Waals surface area contributed by atoms with Gasteiger partial charge in [0.15, 0.2) is 0 Å². The number of methoxy groups -OCH3 is 1. The second-order valence-corrected chi connectivity index (χ2v) is 10.5. The maximum atomic E-state index is 13.5. The van der Waals surface area contributed by atoms with Crippen molar-refractivity contribution >= 4 is 22.8 Å². The summed E-state index contributed by atoms with van der Waals surface area (Å²) in [6.07, 6.45) is -5.50. The number of hydrogen-bond donors (Lipinski definition) is 0. The van der Waals surface area contributed by atoms with Crippen LogP contribution in [0.2, 0.25) is 0 Å². The number of hydrogen-bond acceptors (Lipinski definition) is 4. The SMILES string of the molecule is CCCN(CC1CCCC1)c1nc2ccccc2cc1CN(Cc1cc(C(F)(F)F)cc(C(F)(F)F)c1)C(=O)OC. The average molecular weight is 582 g/mol. The standard InChI is InChI=1S/C30H33F6N3O2/c1-3-12-38(17-20-8-4-5-9-20)27-23(15-22-10-6-7-11-26(22)37-27)19-39(28(40)41-2)18-21-13-24(29(31,32)33)16-25(14-21)30(34,35)36/h6-7,10-11,13-16,20H,3-5,8-9,12,17-19H2,1-2H3. The second-order valence-electron chi connectivity index (χ2n) is 10.5. The zero-order chi connectivity index (χ0) is 29.8. The molecule has 0 atom stereocenters. The third-order valence-corrected chi connectivity index (χ3v) is 7.34. The fourth-order valence-corrected chi connectivity index (χ4v) is 5.45. The van der Waals surface area contributed by atoms with Gasteiger partial charge in [0, 0.05) is 30.6 Å². The van der Waals surface area contributed by atoms with Gasteiger partial charge in [0.1, 0.15) is 5.82 Å².